The molecule has 0 bridgehead atoms. The van der Waals surface area contributed by atoms with Crippen molar-refractivity contribution in [3.8, 4) is 22.6 Å². The van der Waals surface area contributed by atoms with Gasteiger partial charge in [0.2, 0.25) is 18.6 Å². The number of hydrogen-bond acceptors (Lipinski definition) is 5. The zero-order chi connectivity index (χ0) is 24.9. The SMILES string of the molecule is C[C@H](NC(=O)CN1CCC(C(=O)Nc2ccc3c(c2)OCO3)CC1)c1ccc(-c2ccccc2)cc1. The lowest BCUT2D eigenvalue weighted by Crippen LogP contribution is -2.43. The molecular weight excluding hydrogens is 454 g/mol. The number of piperidine rings is 1. The molecule has 3 aromatic rings. The minimum absolute atomic E-state index is 0.00195. The molecule has 1 atom stereocenters. The number of carbonyl (C=O) groups is 2. The van der Waals surface area contributed by atoms with Gasteiger partial charge in [-0.15, -0.1) is 0 Å². The molecule has 1 fully saturated rings. The van der Waals surface area contributed by atoms with Crippen molar-refractivity contribution in [2.24, 2.45) is 5.92 Å². The molecule has 0 aliphatic carbocycles. The first-order valence-electron chi connectivity index (χ1n) is 12.4. The van der Waals surface area contributed by atoms with Gasteiger partial charge in [0, 0.05) is 17.7 Å². The zero-order valence-corrected chi connectivity index (χ0v) is 20.4. The van der Waals surface area contributed by atoms with Crippen LogP contribution in [0.25, 0.3) is 11.1 Å². The Morgan fingerprint density at radius 3 is 2.36 bits per heavy atom. The van der Waals surface area contributed by atoms with Crippen LogP contribution in [-0.4, -0.2) is 43.1 Å². The summed E-state index contributed by atoms with van der Waals surface area (Å²) in [4.78, 5) is 27.5. The van der Waals surface area contributed by atoms with Crippen LogP contribution in [0.5, 0.6) is 11.5 Å². The van der Waals surface area contributed by atoms with Crippen LogP contribution >= 0.6 is 0 Å². The molecule has 36 heavy (non-hydrogen) atoms. The predicted molar refractivity (Wildman–Crippen MR) is 139 cm³/mol. The van der Waals surface area contributed by atoms with Crippen molar-refractivity contribution in [1.82, 2.24) is 10.2 Å². The topological polar surface area (TPSA) is 79.9 Å². The highest BCUT2D eigenvalue weighted by Crippen LogP contribution is 2.34. The summed E-state index contributed by atoms with van der Waals surface area (Å²) in [5.41, 5.74) is 4.11. The summed E-state index contributed by atoms with van der Waals surface area (Å²) in [5.74, 6) is 1.27. The first kappa shape index (κ1) is 23.9. The molecule has 2 aliphatic rings. The first-order chi connectivity index (χ1) is 17.5. The monoisotopic (exact) mass is 485 g/mol. The Balaban J connectivity index is 1.06. The van der Waals surface area contributed by atoms with Crippen molar-refractivity contribution in [2.75, 3.05) is 31.7 Å². The molecule has 2 N–H and O–H groups in total. The number of carbonyl (C=O) groups excluding carboxylic acids is 2. The average Bonchev–Trinajstić information content (AvgIpc) is 3.37. The molecule has 3 aromatic carbocycles. The van der Waals surface area contributed by atoms with Crippen LogP contribution in [0.2, 0.25) is 0 Å². The van der Waals surface area contributed by atoms with E-state index in [0.717, 1.165) is 24.0 Å². The van der Waals surface area contributed by atoms with Gasteiger partial charge >= 0.3 is 0 Å². The van der Waals surface area contributed by atoms with E-state index in [-0.39, 0.29) is 30.6 Å². The van der Waals surface area contributed by atoms with Crippen LogP contribution in [-0.2, 0) is 9.59 Å². The fourth-order valence-corrected chi connectivity index (χ4v) is 4.74. The number of rotatable bonds is 7. The van der Waals surface area contributed by atoms with E-state index < -0.39 is 0 Å². The summed E-state index contributed by atoms with van der Waals surface area (Å²) >= 11 is 0. The second kappa shape index (κ2) is 10.8. The van der Waals surface area contributed by atoms with E-state index in [4.69, 9.17) is 9.47 Å². The number of amides is 2. The molecule has 2 aliphatic heterocycles. The van der Waals surface area contributed by atoms with Gasteiger partial charge in [-0.25, -0.2) is 0 Å². The van der Waals surface area contributed by atoms with Gasteiger partial charge in [-0.05, 0) is 61.7 Å². The van der Waals surface area contributed by atoms with Crippen molar-refractivity contribution < 1.29 is 19.1 Å². The van der Waals surface area contributed by atoms with E-state index >= 15 is 0 Å². The number of anilines is 1. The number of likely N-dealkylation sites (tertiary alicyclic amines) is 1. The maximum Gasteiger partial charge on any atom is 0.234 e. The third-order valence-electron chi connectivity index (χ3n) is 6.86. The van der Waals surface area contributed by atoms with Gasteiger partial charge in [-0.3, -0.25) is 14.5 Å². The summed E-state index contributed by atoms with van der Waals surface area (Å²) in [5, 5.41) is 6.09. The predicted octanol–water partition coefficient (Wildman–Crippen LogP) is 4.61. The van der Waals surface area contributed by atoms with Crippen LogP contribution in [0.3, 0.4) is 0 Å². The van der Waals surface area contributed by atoms with E-state index in [9.17, 15) is 9.59 Å². The zero-order valence-electron chi connectivity index (χ0n) is 20.4. The lowest BCUT2D eigenvalue weighted by Gasteiger charge is -2.31. The normalized spacial score (nSPS) is 16.4. The van der Waals surface area contributed by atoms with Crippen molar-refractivity contribution in [2.45, 2.75) is 25.8 Å². The van der Waals surface area contributed by atoms with Gasteiger partial charge in [0.1, 0.15) is 0 Å². The van der Waals surface area contributed by atoms with Crippen LogP contribution in [0.15, 0.2) is 72.8 Å². The first-order valence-corrected chi connectivity index (χ1v) is 12.4. The van der Waals surface area contributed by atoms with Crippen molar-refractivity contribution in [1.29, 1.82) is 0 Å². The van der Waals surface area contributed by atoms with E-state index in [1.807, 2.05) is 31.2 Å². The summed E-state index contributed by atoms with van der Waals surface area (Å²) in [6.45, 7) is 3.97. The number of nitrogens with one attached hydrogen (secondary N) is 2. The molecular formula is C29H31N3O4. The van der Waals surface area contributed by atoms with Crippen LogP contribution < -0.4 is 20.1 Å². The third kappa shape index (κ3) is 5.69. The largest absolute Gasteiger partial charge is 0.454 e. The van der Waals surface area contributed by atoms with Gasteiger partial charge < -0.3 is 20.1 Å². The molecule has 2 heterocycles. The highest BCUT2D eigenvalue weighted by molar-refractivity contribution is 5.93. The summed E-state index contributed by atoms with van der Waals surface area (Å²) in [7, 11) is 0. The van der Waals surface area contributed by atoms with Crippen molar-refractivity contribution >= 4 is 17.5 Å². The number of nitrogens with zero attached hydrogens (tertiary/aromatic N) is 1. The fraction of sp³-hybridized carbons (Fsp3) is 0.310. The Kier molecular flexibility index (Phi) is 7.18. The van der Waals surface area contributed by atoms with Crippen molar-refractivity contribution in [3.05, 3.63) is 78.4 Å². The van der Waals surface area contributed by atoms with E-state index in [0.29, 0.717) is 36.8 Å². The number of benzene rings is 3. The second-order valence-electron chi connectivity index (χ2n) is 9.38. The lowest BCUT2D eigenvalue weighted by atomic mass is 9.95. The fourth-order valence-electron chi connectivity index (χ4n) is 4.74. The van der Waals surface area contributed by atoms with Gasteiger partial charge in [0.25, 0.3) is 0 Å². The van der Waals surface area contributed by atoms with Crippen molar-refractivity contribution in [3.63, 3.8) is 0 Å². The minimum atomic E-state index is -0.0765. The molecule has 0 spiro atoms. The molecule has 7 nitrogen and oxygen atoms in total. The van der Waals surface area contributed by atoms with Crippen LogP contribution in [0, 0.1) is 5.92 Å². The summed E-state index contributed by atoms with van der Waals surface area (Å²) < 4.78 is 10.7. The van der Waals surface area contributed by atoms with Gasteiger partial charge in [0.05, 0.1) is 12.6 Å². The van der Waals surface area contributed by atoms with Crippen LogP contribution in [0.1, 0.15) is 31.4 Å². The molecule has 0 radical (unpaired) electrons. The third-order valence-corrected chi connectivity index (χ3v) is 6.86. The van der Waals surface area contributed by atoms with Gasteiger partial charge in [-0.1, -0.05) is 54.6 Å². The second-order valence-corrected chi connectivity index (χ2v) is 9.38. The van der Waals surface area contributed by atoms with E-state index in [2.05, 4.69) is 51.9 Å². The quantitative estimate of drug-likeness (QED) is 0.511. The Morgan fingerprint density at radius 1 is 0.917 bits per heavy atom. The Bertz CT molecular complexity index is 1200. The van der Waals surface area contributed by atoms with Gasteiger partial charge in [0.15, 0.2) is 11.5 Å². The molecule has 0 aromatic heterocycles. The standard InChI is InChI=1S/C29H31N3O4/c1-20(21-7-9-23(10-8-21)22-5-3-2-4-6-22)30-28(33)18-32-15-13-24(14-16-32)29(34)31-25-11-12-26-27(17-25)36-19-35-26/h2-12,17,20,24H,13-16,18-19H2,1H3,(H,30,33)(H,31,34)/t20-/m0/s1. The Labute approximate surface area is 211 Å². The summed E-state index contributed by atoms with van der Waals surface area (Å²) in [6, 6.07) is 23.9. The number of ether oxygens (including phenoxy) is 2. The highest BCUT2D eigenvalue weighted by Gasteiger charge is 2.26. The Hall–Kier alpha value is -3.84. The average molecular weight is 486 g/mol. The molecule has 7 heteroatoms. The molecule has 1 saturated heterocycles. The maximum atomic E-state index is 12.7. The minimum Gasteiger partial charge on any atom is -0.454 e. The highest BCUT2D eigenvalue weighted by atomic mass is 16.7. The lowest BCUT2D eigenvalue weighted by molar-refractivity contribution is -0.124. The van der Waals surface area contributed by atoms with E-state index in [1.165, 1.54) is 5.56 Å². The smallest absolute Gasteiger partial charge is 0.234 e. The maximum absolute atomic E-state index is 12.7. The molecule has 186 valence electrons. The van der Waals surface area contributed by atoms with Gasteiger partial charge in [-0.2, -0.15) is 0 Å². The molecule has 0 unspecified atom stereocenters. The number of hydrogen-bond donors (Lipinski definition) is 2. The summed E-state index contributed by atoms with van der Waals surface area (Å²) in [6.07, 6.45) is 1.44. The molecule has 5 rings (SSSR count). The van der Waals surface area contributed by atoms with Crippen LogP contribution in [0.4, 0.5) is 5.69 Å². The van der Waals surface area contributed by atoms with E-state index in [1.54, 1.807) is 12.1 Å². The molecule has 2 amide bonds. The molecule has 0 saturated carbocycles. The number of fused-ring (bicyclic) bond motifs is 1. The Morgan fingerprint density at radius 2 is 1.61 bits per heavy atom.